The van der Waals surface area contributed by atoms with Crippen molar-refractivity contribution >= 4 is 34.0 Å². The van der Waals surface area contributed by atoms with Crippen molar-refractivity contribution in [3.8, 4) is 0 Å². The van der Waals surface area contributed by atoms with Gasteiger partial charge >= 0.3 is 0 Å². The number of anilines is 1. The van der Waals surface area contributed by atoms with E-state index in [1.54, 1.807) is 29.2 Å². The summed E-state index contributed by atoms with van der Waals surface area (Å²) < 4.78 is 26.8. The van der Waals surface area contributed by atoms with Crippen molar-refractivity contribution in [1.29, 1.82) is 0 Å². The van der Waals surface area contributed by atoms with Crippen molar-refractivity contribution in [1.82, 2.24) is 9.21 Å². The Hall–Kier alpha value is -1.15. The van der Waals surface area contributed by atoms with Crippen LogP contribution in [0.15, 0.2) is 29.2 Å². The average Bonchev–Trinajstić information content (AvgIpc) is 2.94. The lowest BCUT2D eigenvalue weighted by Gasteiger charge is -2.31. The van der Waals surface area contributed by atoms with Gasteiger partial charge in [-0.05, 0) is 37.7 Å². The minimum atomic E-state index is -3.44. The molecule has 2 aliphatic heterocycles. The van der Waals surface area contributed by atoms with Gasteiger partial charge in [-0.2, -0.15) is 4.31 Å². The van der Waals surface area contributed by atoms with Gasteiger partial charge in [0.05, 0.1) is 4.90 Å². The lowest BCUT2D eigenvalue weighted by molar-refractivity contribution is -0.117. The van der Waals surface area contributed by atoms with Crippen molar-refractivity contribution < 1.29 is 13.2 Å². The van der Waals surface area contributed by atoms with E-state index >= 15 is 0 Å². The van der Waals surface area contributed by atoms with Gasteiger partial charge in [-0.15, -0.1) is 12.4 Å². The van der Waals surface area contributed by atoms with E-state index in [0.717, 1.165) is 25.2 Å². The summed E-state index contributed by atoms with van der Waals surface area (Å²) in [6.07, 6.45) is 1.43. The van der Waals surface area contributed by atoms with E-state index in [4.69, 9.17) is 0 Å². The molecule has 1 aromatic carbocycles. The monoisotopic (exact) mass is 359 g/mol. The predicted molar refractivity (Wildman–Crippen MR) is 91.5 cm³/mol. The third-order valence-corrected chi connectivity index (χ3v) is 6.23. The molecule has 1 aromatic rings. The van der Waals surface area contributed by atoms with Crippen molar-refractivity contribution in [3.63, 3.8) is 0 Å². The average molecular weight is 360 g/mol. The van der Waals surface area contributed by atoms with Crippen molar-refractivity contribution in [2.45, 2.75) is 17.7 Å². The number of hydrogen-bond acceptors (Lipinski definition) is 4. The van der Waals surface area contributed by atoms with Gasteiger partial charge in [-0.1, -0.05) is 0 Å². The van der Waals surface area contributed by atoms with Crippen molar-refractivity contribution in [2.75, 3.05) is 44.7 Å². The third kappa shape index (κ3) is 3.68. The van der Waals surface area contributed by atoms with Crippen LogP contribution < -0.4 is 4.90 Å². The Morgan fingerprint density at radius 2 is 1.57 bits per heavy atom. The highest BCUT2D eigenvalue weighted by molar-refractivity contribution is 7.89. The zero-order valence-electron chi connectivity index (χ0n) is 13.1. The number of hydrogen-bond donors (Lipinski definition) is 0. The number of rotatable bonds is 3. The molecular formula is C15H22ClN3O3S. The van der Waals surface area contributed by atoms with Crippen LogP contribution in [0, 0.1) is 0 Å². The highest BCUT2D eigenvalue weighted by atomic mass is 35.5. The molecule has 128 valence electrons. The number of likely N-dealkylation sites (N-methyl/N-ethyl adjacent to an activating group) is 1. The molecule has 0 aliphatic carbocycles. The maximum atomic E-state index is 12.6. The molecule has 2 heterocycles. The highest BCUT2D eigenvalue weighted by Crippen LogP contribution is 2.24. The van der Waals surface area contributed by atoms with E-state index in [1.165, 1.54) is 4.31 Å². The molecule has 0 saturated carbocycles. The summed E-state index contributed by atoms with van der Waals surface area (Å²) in [6.45, 7) is 3.25. The Morgan fingerprint density at radius 3 is 2.09 bits per heavy atom. The summed E-state index contributed by atoms with van der Waals surface area (Å²) in [5.41, 5.74) is 0.778. The molecule has 23 heavy (non-hydrogen) atoms. The van der Waals surface area contributed by atoms with Crippen LogP contribution in [0.25, 0.3) is 0 Å². The minimum Gasteiger partial charge on any atom is -0.312 e. The molecule has 6 nitrogen and oxygen atoms in total. The SMILES string of the molecule is CN1CCN(S(=O)(=O)c2ccc(N3CCCC3=O)cc2)CC1.Cl. The van der Waals surface area contributed by atoms with Crippen LogP contribution in [0.1, 0.15) is 12.8 Å². The van der Waals surface area contributed by atoms with Gasteiger partial charge in [0.15, 0.2) is 0 Å². The quantitative estimate of drug-likeness (QED) is 0.812. The van der Waals surface area contributed by atoms with Crippen molar-refractivity contribution in [3.05, 3.63) is 24.3 Å². The standard InChI is InChI=1S/C15H21N3O3S.ClH/c1-16-9-11-17(12-10-16)22(20,21)14-6-4-13(5-7-14)18-8-2-3-15(18)19;/h4-7H,2-3,8-12H2,1H3;1H. The first-order valence-electron chi connectivity index (χ1n) is 7.57. The van der Waals surface area contributed by atoms with Crippen LogP contribution in [0.4, 0.5) is 5.69 Å². The molecule has 0 unspecified atom stereocenters. The smallest absolute Gasteiger partial charge is 0.243 e. The fourth-order valence-electron chi connectivity index (χ4n) is 2.90. The third-order valence-electron chi connectivity index (χ3n) is 4.32. The number of halogens is 1. The largest absolute Gasteiger partial charge is 0.312 e. The van der Waals surface area contributed by atoms with E-state index in [1.807, 2.05) is 7.05 Å². The van der Waals surface area contributed by atoms with Crippen LogP contribution in [-0.2, 0) is 14.8 Å². The molecule has 0 atom stereocenters. The van der Waals surface area contributed by atoms with Gasteiger partial charge in [-0.25, -0.2) is 8.42 Å². The predicted octanol–water partition coefficient (Wildman–Crippen LogP) is 1.17. The zero-order chi connectivity index (χ0) is 15.7. The van der Waals surface area contributed by atoms with E-state index in [2.05, 4.69) is 4.90 Å². The van der Waals surface area contributed by atoms with E-state index in [9.17, 15) is 13.2 Å². The molecule has 3 rings (SSSR count). The first kappa shape index (κ1) is 18.2. The van der Waals surface area contributed by atoms with Gasteiger partial charge in [0.2, 0.25) is 15.9 Å². The maximum Gasteiger partial charge on any atom is 0.243 e. The van der Waals surface area contributed by atoms with Crippen LogP contribution in [-0.4, -0.2) is 63.3 Å². The molecule has 0 bridgehead atoms. The molecule has 0 aromatic heterocycles. The van der Waals surface area contributed by atoms with E-state index in [0.29, 0.717) is 31.0 Å². The van der Waals surface area contributed by atoms with Crippen LogP contribution >= 0.6 is 12.4 Å². The van der Waals surface area contributed by atoms with Gasteiger partial charge in [-0.3, -0.25) is 4.79 Å². The summed E-state index contributed by atoms with van der Waals surface area (Å²) in [4.78, 5) is 15.9. The zero-order valence-corrected chi connectivity index (χ0v) is 14.8. The summed E-state index contributed by atoms with van der Waals surface area (Å²) >= 11 is 0. The lowest BCUT2D eigenvalue weighted by atomic mass is 10.3. The van der Waals surface area contributed by atoms with Crippen molar-refractivity contribution in [2.24, 2.45) is 0 Å². The van der Waals surface area contributed by atoms with Gasteiger partial charge in [0, 0.05) is 44.8 Å². The number of carbonyl (C=O) groups is 1. The summed E-state index contributed by atoms with van der Waals surface area (Å²) in [5.74, 6) is 0.106. The lowest BCUT2D eigenvalue weighted by Crippen LogP contribution is -2.47. The Bertz CT molecular complexity index is 655. The fourth-order valence-corrected chi connectivity index (χ4v) is 4.32. The summed E-state index contributed by atoms with van der Waals surface area (Å²) in [7, 11) is -1.44. The molecular weight excluding hydrogens is 338 g/mol. The van der Waals surface area contributed by atoms with E-state index in [-0.39, 0.29) is 18.3 Å². The normalized spacial score (nSPS) is 20.6. The second kappa shape index (κ2) is 7.17. The Labute approximate surface area is 143 Å². The molecule has 2 aliphatic rings. The molecule has 0 spiro atoms. The number of amides is 1. The molecule has 8 heteroatoms. The first-order chi connectivity index (χ1) is 10.5. The molecule has 2 fully saturated rings. The number of nitrogens with zero attached hydrogens (tertiary/aromatic N) is 3. The molecule has 0 radical (unpaired) electrons. The summed E-state index contributed by atoms with van der Waals surface area (Å²) in [5, 5.41) is 0. The molecule has 2 saturated heterocycles. The Kier molecular flexibility index (Phi) is 5.67. The van der Waals surface area contributed by atoms with Crippen LogP contribution in [0.2, 0.25) is 0 Å². The maximum absolute atomic E-state index is 12.6. The Morgan fingerprint density at radius 1 is 0.957 bits per heavy atom. The molecule has 1 amide bonds. The number of sulfonamides is 1. The fraction of sp³-hybridized carbons (Fsp3) is 0.533. The molecule has 0 N–H and O–H groups in total. The van der Waals surface area contributed by atoms with Gasteiger partial charge in [0.25, 0.3) is 0 Å². The summed E-state index contributed by atoms with van der Waals surface area (Å²) in [6, 6.07) is 6.67. The van der Waals surface area contributed by atoms with E-state index < -0.39 is 10.0 Å². The van der Waals surface area contributed by atoms with Gasteiger partial charge < -0.3 is 9.80 Å². The highest BCUT2D eigenvalue weighted by Gasteiger charge is 2.28. The second-order valence-electron chi connectivity index (χ2n) is 5.85. The second-order valence-corrected chi connectivity index (χ2v) is 7.79. The van der Waals surface area contributed by atoms with Gasteiger partial charge in [0.1, 0.15) is 0 Å². The first-order valence-corrected chi connectivity index (χ1v) is 9.01. The van der Waals surface area contributed by atoms with Crippen LogP contribution in [0.5, 0.6) is 0 Å². The Balaban J connectivity index is 0.00000192. The number of carbonyl (C=O) groups excluding carboxylic acids is 1. The minimum absolute atomic E-state index is 0. The number of piperazine rings is 1. The number of benzene rings is 1. The van der Waals surface area contributed by atoms with Crippen LogP contribution in [0.3, 0.4) is 0 Å². The topological polar surface area (TPSA) is 60.9 Å².